The van der Waals surface area contributed by atoms with Crippen molar-refractivity contribution < 1.29 is 14.9 Å². The molecule has 8 N–H and O–H groups in total. The third kappa shape index (κ3) is 2.94. The van der Waals surface area contributed by atoms with E-state index in [1.165, 1.54) is 12.7 Å². The largest absolute Gasteiger partial charge is 0.388 e. The zero-order valence-electron chi connectivity index (χ0n) is 13.2. The van der Waals surface area contributed by atoms with Crippen LogP contribution in [0.1, 0.15) is 19.1 Å². The molecule has 1 fully saturated rings. The zero-order valence-corrected chi connectivity index (χ0v) is 13.2. The minimum Gasteiger partial charge on any atom is -0.388 e. The molecular formula is C14H23N7O3. The average molecular weight is 337 g/mol. The molecule has 3 rings (SSSR count). The maximum absolute atomic E-state index is 10.4. The van der Waals surface area contributed by atoms with Crippen molar-refractivity contribution in [1.82, 2.24) is 19.5 Å². The average Bonchev–Trinajstić information content (AvgIpc) is 3.12. The van der Waals surface area contributed by atoms with Gasteiger partial charge in [0.1, 0.15) is 24.1 Å². The van der Waals surface area contributed by atoms with Crippen LogP contribution in [0.5, 0.6) is 0 Å². The fourth-order valence-electron chi connectivity index (χ4n) is 3.11. The number of hydrogen-bond donors (Lipinski definition) is 5. The van der Waals surface area contributed by atoms with Crippen LogP contribution >= 0.6 is 0 Å². The summed E-state index contributed by atoms with van der Waals surface area (Å²) in [5.41, 5.74) is 17.9. The number of nitrogens with zero attached hydrogens (tertiary/aromatic N) is 4. The highest BCUT2D eigenvalue weighted by Crippen LogP contribution is 2.34. The van der Waals surface area contributed by atoms with E-state index in [0.717, 1.165) is 6.42 Å². The molecule has 1 aliphatic rings. The standard InChI is InChI=1S/C14H23N7O3/c15-2-1-7(4-16)3-8-10(22)11(23)14(24-8)21-6-20-9-12(17)18-5-19-13(9)21/h5-8,10-11,14,22-23H,1-4,15-16H2,(H2,17,18,19). The van der Waals surface area contributed by atoms with Gasteiger partial charge in [0.05, 0.1) is 12.4 Å². The van der Waals surface area contributed by atoms with Gasteiger partial charge in [-0.05, 0) is 31.8 Å². The normalized spacial score (nSPS) is 28.5. The topological polar surface area (TPSA) is 171 Å². The van der Waals surface area contributed by atoms with Crippen LogP contribution in [0.25, 0.3) is 11.2 Å². The zero-order chi connectivity index (χ0) is 17.3. The lowest BCUT2D eigenvalue weighted by atomic mass is 9.95. The number of nitrogen functional groups attached to an aromatic ring is 1. The Bertz CT molecular complexity index is 694. The van der Waals surface area contributed by atoms with Crippen molar-refractivity contribution in [1.29, 1.82) is 0 Å². The molecule has 0 aromatic carbocycles. The molecule has 0 amide bonds. The van der Waals surface area contributed by atoms with Gasteiger partial charge in [-0.1, -0.05) is 0 Å². The van der Waals surface area contributed by atoms with E-state index in [1.807, 2.05) is 0 Å². The molecule has 24 heavy (non-hydrogen) atoms. The van der Waals surface area contributed by atoms with Gasteiger partial charge in [0.15, 0.2) is 17.7 Å². The monoisotopic (exact) mass is 337 g/mol. The Kier molecular flexibility index (Phi) is 4.92. The Morgan fingerprint density at radius 2 is 2.00 bits per heavy atom. The van der Waals surface area contributed by atoms with Crippen LogP contribution in [0.4, 0.5) is 5.82 Å². The van der Waals surface area contributed by atoms with Crippen molar-refractivity contribution in [3.63, 3.8) is 0 Å². The third-order valence-electron chi connectivity index (χ3n) is 4.47. The summed E-state index contributed by atoms with van der Waals surface area (Å²) in [6.07, 6.45) is 0.560. The summed E-state index contributed by atoms with van der Waals surface area (Å²) in [5, 5.41) is 20.7. The van der Waals surface area contributed by atoms with Gasteiger partial charge in [-0.3, -0.25) is 4.57 Å². The summed E-state index contributed by atoms with van der Waals surface area (Å²) in [4.78, 5) is 12.2. The van der Waals surface area contributed by atoms with Gasteiger partial charge in [0.25, 0.3) is 0 Å². The molecule has 1 saturated heterocycles. The number of anilines is 1. The SMILES string of the molecule is NCCC(CN)CC1OC(n2cnc3c(N)ncnc32)C(O)C1O. The van der Waals surface area contributed by atoms with Crippen molar-refractivity contribution in [2.75, 3.05) is 18.8 Å². The number of nitrogens with two attached hydrogens (primary N) is 3. The summed E-state index contributed by atoms with van der Waals surface area (Å²) in [7, 11) is 0. The number of aliphatic hydroxyl groups excluding tert-OH is 2. The van der Waals surface area contributed by atoms with Gasteiger partial charge >= 0.3 is 0 Å². The molecule has 0 saturated carbocycles. The second-order valence-corrected chi connectivity index (χ2v) is 6.04. The molecule has 2 aromatic heterocycles. The van der Waals surface area contributed by atoms with Crippen LogP contribution in [-0.4, -0.2) is 61.1 Å². The molecular weight excluding hydrogens is 314 g/mol. The summed E-state index contributed by atoms with van der Waals surface area (Å²) < 4.78 is 7.44. The van der Waals surface area contributed by atoms with Crippen molar-refractivity contribution in [2.24, 2.45) is 17.4 Å². The van der Waals surface area contributed by atoms with Gasteiger partial charge in [0.2, 0.25) is 0 Å². The van der Waals surface area contributed by atoms with Crippen LogP contribution in [-0.2, 0) is 4.74 Å². The number of imidazole rings is 1. The quantitative estimate of drug-likeness (QED) is 0.413. The van der Waals surface area contributed by atoms with Crippen LogP contribution in [0, 0.1) is 5.92 Å². The van der Waals surface area contributed by atoms with Gasteiger partial charge in [-0.2, -0.15) is 0 Å². The van der Waals surface area contributed by atoms with E-state index in [9.17, 15) is 10.2 Å². The minimum atomic E-state index is -1.11. The second-order valence-electron chi connectivity index (χ2n) is 6.04. The molecule has 5 unspecified atom stereocenters. The fourth-order valence-corrected chi connectivity index (χ4v) is 3.11. The minimum absolute atomic E-state index is 0.123. The first-order valence-corrected chi connectivity index (χ1v) is 7.91. The maximum atomic E-state index is 10.4. The Hall–Kier alpha value is -1.85. The number of ether oxygens (including phenoxy) is 1. The van der Waals surface area contributed by atoms with Crippen LogP contribution in [0.2, 0.25) is 0 Å². The van der Waals surface area contributed by atoms with Crippen molar-refractivity contribution in [3.8, 4) is 0 Å². The van der Waals surface area contributed by atoms with E-state index in [4.69, 9.17) is 21.9 Å². The first-order chi connectivity index (χ1) is 11.6. The predicted molar refractivity (Wildman–Crippen MR) is 86.5 cm³/mol. The summed E-state index contributed by atoms with van der Waals surface area (Å²) in [6.45, 7) is 0.960. The summed E-state index contributed by atoms with van der Waals surface area (Å²) >= 11 is 0. The molecule has 0 spiro atoms. The lowest BCUT2D eigenvalue weighted by molar-refractivity contribution is -0.0412. The lowest BCUT2D eigenvalue weighted by Crippen LogP contribution is -2.34. The molecule has 3 heterocycles. The second kappa shape index (κ2) is 6.95. The van der Waals surface area contributed by atoms with E-state index in [0.29, 0.717) is 30.7 Å². The van der Waals surface area contributed by atoms with E-state index in [-0.39, 0.29) is 11.7 Å². The maximum Gasteiger partial charge on any atom is 0.167 e. The van der Waals surface area contributed by atoms with E-state index in [1.54, 1.807) is 4.57 Å². The van der Waals surface area contributed by atoms with Crippen molar-refractivity contribution in [2.45, 2.75) is 37.4 Å². The lowest BCUT2D eigenvalue weighted by Gasteiger charge is -2.20. The van der Waals surface area contributed by atoms with Crippen LogP contribution < -0.4 is 17.2 Å². The smallest absolute Gasteiger partial charge is 0.167 e. The summed E-state index contributed by atoms with van der Waals surface area (Å²) in [6, 6.07) is 0. The molecule has 0 bridgehead atoms. The molecule has 5 atom stereocenters. The highest BCUT2D eigenvalue weighted by molar-refractivity contribution is 5.81. The Morgan fingerprint density at radius 3 is 2.71 bits per heavy atom. The first-order valence-electron chi connectivity index (χ1n) is 7.91. The first kappa shape index (κ1) is 17.0. The van der Waals surface area contributed by atoms with E-state index >= 15 is 0 Å². The molecule has 10 nitrogen and oxygen atoms in total. The summed E-state index contributed by atoms with van der Waals surface area (Å²) in [5.74, 6) is 0.368. The van der Waals surface area contributed by atoms with E-state index in [2.05, 4.69) is 15.0 Å². The fraction of sp³-hybridized carbons (Fsp3) is 0.643. The Morgan fingerprint density at radius 1 is 1.21 bits per heavy atom. The van der Waals surface area contributed by atoms with Gasteiger partial charge < -0.3 is 32.2 Å². The van der Waals surface area contributed by atoms with Gasteiger partial charge in [0, 0.05) is 0 Å². The molecule has 0 radical (unpaired) electrons. The van der Waals surface area contributed by atoms with Gasteiger partial charge in [-0.25, -0.2) is 15.0 Å². The number of aliphatic hydroxyl groups is 2. The highest BCUT2D eigenvalue weighted by atomic mass is 16.6. The third-order valence-corrected chi connectivity index (χ3v) is 4.47. The molecule has 2 aromatic rings. The molecule has 0 aliphatic carbocycles. The van der Waals surface area contributed by atoms with Crippen molar-refractivity contribution in [3.05, 3.63) is 12.7 Å². The Balaban J connectivity index is 1.83. The van der Waals surface area contributed by atoms with Crippen LogP contribution in [0.15, 0.2) is 12.7 Å². The predicted octanol–water partition coefficient (Wildman–Crippen LogP) is -1.66. The van der Waals surface area contributed by atoms with E-state index < -0.39 is 24.5 Å². The molecule has 132 valence electrons. The number of aromatic nitrogens is 4. The van der Waals surface area contributed by atoms with Gasteiger partial charge in [-0.15, -0.1) is 0 Å². The number of rotatable bonds is 6. The van der Waals surface area contributed by atoms with Crippen molar-refractivity contribution >= 4 is 17.0 Å². The number of hydrogen-bond acceptors (Lipinski definition) is 9. The Labute approximate surface area is 138 Å². The highest BCUT2D eigenvalue weighted by Gasteiger charge is 2.44. The molecule has 1 aliphatic heterocycles. The number of fused-ring (bicyclic) bond motifs is 1. The van der Waals surface area contributed by atoms with Crippen LogP contribution in [0.3, 0.4) is 0 Å². The molecule has 10 heteroatoms.